The van der Waals surface area contributed by atoms with E-state index >= 15 is 0 Å². The number of aromatic amines is 1. The molecule has 0 bridgehead atoms. The van der Waals surface area contributed by atoms with Gasteiger partial charge in [-0.2, -0.15) is 4.98 Å². The second-order valence-corrected chi connectivity index (χ2v) is 5.24. The van der Waals surface area contributed by atoms with Gasteiger partial charge in [0.05, 0.1) is 5.75 Å². The van der Waals surface area contributed by atoms with Crippen LogP contribution in [0.1, 0.15) is 25.6 Å². The van der Waals surface area contributed by atoms with Gasteiger partial charge < -0.3 is 4.52 Å². The number of rotatable bonds is 7. The van der Waals surface area contributed by atoms with Gasteiger partial charge in [0.2, 0.25) is 5.91 Å². The fourth-order valence-corrected chi connectivity index (χ4v) is 2.33. The molecule has 1 amide bonds. The van der Waals surface area contributed by atoms with Crippen LogP contribution in [0, 0.1) is 6.92 Å². The molecule has 0 saturated heterocycles. The summed E-state index contributed by atoms with van der Waals surface area (Å²) in [5.41, 5.74) is -0.265. The second-order valence-electron chi connectivity index (χ2n) is 4.30. The monoisotopic (exact) mass is 312 g/mol. The van der Waals surface area contributed by atoms with E-state index in [1.807, 2.05) is 6.92 Å². The van der Waals surface area contributed by atoms with Gasteiger partial charge in [-0.3, -0.25) is 14.7 Å². The van der Waals surface area contributed by atoms with Crippen LogP contribution in [0.25, 0.3) is 0 Å². The Kier molecular flexibility index (Phi) is 5.14. The van der Waals surface area contributed by atoms with E-state index in [4.69, 9.17) is 4.52 Å². The van der Waals surface area contributed by atoms with Gasteiger partial charge in [-0.05, 0) is 13.3 Å². The zero-order chi connectivity index (χ0) is 15.2. The van der Waals surface area contributed by atoms with Crippen LogP contribution in [0.15, 0.2) is 14.5 Å². The van der Waals surface area contributed by atoms with Crippen LogP contribution in [0.2, 0.25) is 0 Å². The molecule has 2 rings (SSSR count). The Bertz CT molecular complexity index is 661. The molecule has 0 aromatic carbocycles. The highest BCUT2D eigenvalue weighted by Gasteiger charge is 2.13. The van der Waals surface area contributed by atoms with Gasteiger partial charge in [0.15, 0.2) is 11.0 Å². The molecule has 0 fully saturated rings. The Morgan fingerprint density at radius 3 is 3.00 bits per heavy atom. The zero-order valence-electron chi connectivity index (χ0n) is 11.8. The van der Waals surface area contributed by atoms with Gasteiger partial charge in [0.25, 0.3) is 0 Å². The average Bonchev–Trinajstić information content (AvgIpc) is 3.01. The summed E-state index contributed by atoms with van der Waals surface area (Å²) in [5, 5.41) is 12.8. The maximum Gasteiger partial charge on any atom is 0.343 e. The lowest BCUT2D eigenvalue weighted by atomic mass is 10.3. The minimum absolute atomic E-state index is 0.0588. The molecule has 0 atom stereocenters. The van der Waals surface area contributed by atoms with Gasteiger partial charge in [-0.1, -0.05) is 30.3 Å². The van der Waals surface area contributed by atoms with Crippen molar-refractivity contribution in [2.75, 3.05) is 11.1 Å². The SMILES string of the molecule is CCCCn1c(SCC(=O)Nc2nc(C)no2)n[nH]c1=O. The molecular formula is C11H16N6O3S. The minimum atomic E-state index is -0.304. The van der Waals surface area contributed by atoms with Crippen LogP contribution < -0.4 is 11.0 Å². The lowest BCUT2D eigenvalue weighted by Gasteiger charge is -2.03. The number of amides is 1. The van der Waals surface area contributed by atoms with E-state index in [9.17, 15) is 9.59 Å². The van der Waals surface area contributed by atoms with E-state index in [2.05, 4.69) is 25.7 Å². The van der Waals surface area contributed by atoms with Crippen LogP contribution in [-0.2, 0) is 11.3 Å². The molecule has 0 saturated carbocycles. The van der Waals surface area contributed by atoms with Crippen LogP contribution in [0.4, 0.5) is 6.01 Å². The normalized spacial score (nSPS) is 10.8. The molecule has 2 aromatic heterocycles. The van der Waals surface area contributed by atoms with Crippen molar-refractivity contribution in [2.24, 2.45) is 0 Å². The third-order valence-electron chi connectivity index (χ3n) is 2.56. The highest BCUT2D eigenvalue weighted by molar-refractivity contribution is 7.99. The molecule has 21 heavy (non-hydrogen) atoms. The summed E-state index contributed by atoms with van der Waals surface area (Å²) < 4.78 is 6.31. The molecule has 0 aliphatic carbocycles. The van der Waals surface area contributed by atoms with E-state index in [0.29, 0.717) is 17.5 Å². The number of nitrogens with zero attached hydrogens (tertiary/aromatic N) is 4. The zero-order valence-corrected chi connectivity index (χ0v) is 12.6. The molecule has 2 aromatic rings. The van der Waals surface area contributed by atoms with Crippen molar-refractivity contribution in [2.45, 2.75) is 38.4 Å². The maximum atomic E-state index is 11.7. The maximum absolute atomic E-state index is 11.7. The van der Waals surface area contributed by atoms with Crippen molar-refractivity contribution in [1.82, 2.24) is 24.9 Å². The van der Waals surface area contributed by atoms with E-state index in [-0.39, 0.29) is 23.4 Å². The van der Waals surface area contributed by atoms with Crippen LogP contribution >= 0.6 is 11.8 Å². The molecular weight excluding hydrogens is 296 g/mol. The predicted octanol–water partition coefficient (Wildman–Crippen LogP) is 0.794. The van der Waals surface area contributed by atoms with Gasteiger partial charge in [0.1, 0.15) is 0 Å². The highest BCUT2D eigenvalue weighted by Crippen LogP contribution is 2.14. The third-order valence-corrected chi connectivity index (χ3v) is 3.54. The summed E-state index contributed by atoms with van der Waals surface area (Å²) in [4.78, 5) is 27.2. The number of unbranched alkanes of at least 4 members (excludes halogenated alkanes) is 1. The number of hydrogen-bond acceptors (Lipinski definition) is 7. The van der Waals surface area contributed by atoms with E-state index in [1.165, 1.54) is 16.3 Å². The van der Waals surface area contributed by atoms with Crippen LogP contribution in [0.3, 0.4) is 0 Å². The number of nitrogens with one attached hydrogen (secondary N) is 2. The number of H-pyrrole nitrogens is 1. The number of hydrogen-bond donors (Lipinski definition) is 2. The standard InChI is InChI=1S/C11H16N6O3S/c1-3-4-5-17-10(19)14-15-11(17)21-6-8(18)13-9-12-7(2)16-20-9/h3-6H2,1-2H3,(H,14,19)(H,12,13,16,18). The Balaban J connectivity index is 1.90. The van der Waals surface area contributed by atoms with Gasteiger partial charge in [0, 0.05) is 6.54 Å². The lowest BCUT2D eigenvalue weighted by Crippen LogP contribution is -2.19. The molecule has 0 aliphatic heterocycles. The minimum Gasteiger partial charge on any atom is -0.315 e. The number of carbonyl (C=O) groups excluding carboxylic acids is 1. The molecule has 114 valence electrons. The predicted molar refractivity (Wildman–Crippen MR) is 76.1 cm³/mol. The smallest absolute Gasteiger partial charge is 0.315 e. The van der Waals surface area contributed by atoms with Crippen LogP contribution in [0.5, 0.6) is 0 Å². The molecule has 2 N–H and O–H groups in total. The number of aryl methyl sites for hydroxylation is 1. The summed E-state index contributed by atoms with van der Waals surface area (Å²) in [5.74, 6) is 0.234. The number of anilines is 1. The Labute approximate surface area is 124 Å². The van der Waals surface area contributed by atoms with Crippen molar-refractivity contribution in [3.8, 4) is 0 Å². The van der Waals surface area contributed by atoms with Gasteiger partial charge >= 0.3 is 11.7 Å². The Morgan fingerprint density at radius 1 is 1.52 bits per heavy atom. The largest absolute Gasteiger partial charge is 0.343 e. The average molecular weight is 312 g/mol. The first kappa shape index (κ1) is 15.3. The first-order valence-corrected chi connectivity index (χ1v) is 7.47. The third kappa shape index (κ3) is 4.18. The molecule has 9 nitrogen and oxygen atoms in total. The first-order chi connectivity index (χ1) is 10.1. The summed E-state index contributed by atoms with van der Waals surface area (Å²) in [7, 11) is 0. The molecule has 0 unspecified atom stereocenters. The van der Waals surface area contributed by atoms with Crippen molar-refractivity contribution in [1.29, 1.82) is 0 Å². The van der Waals surface area contributed by atoms with Gasteiger partial charge in [-0.25, -0.2) is 9.89 Å². The molecule has 0 aliphatic rings. The lowest BCUT2D eigenvalue weighted by molar-refractivity contribution is -0.114. The van der Waals surface area contributed by atoms with Crippen molar-refractivity contribution in [3.63, 3.8) is 0 Å². The summed E-state index contributed by atoms with van der Waals surface area (Å²) in [6, 6.07) is 0.0588. The van der Waals surface area contributed by atoms with E-state index < -0.39 is 0 Å². The van der Waals surface area contributed by atoms with Gasteiger partial charge in [-0.15, -0.1) is 5.10 Å². The summed E-state index contributed by atoms with van der Waals surface area (Å²) >= 11 is 1.17. The van der Waals surface area contributed by atoms with E-state index in [1.54, 1.807) is 6.92 Å². The van der Waals surface area contributed by atoms with Crippen molar-refractivity contribution < 1.29 is 9.32 Å². The van der Waals surface area contributed by atoms with Crippen molar-refractivity contribution >= 4 is 23.7 Å². The highest BCUT2D eigenvalue weighted by atomic mass is 32.2. The molecule has 2 heterocycles. The Morgan fingerprint density at radius 2 is 2.33 bits per heavy atom. The Hall–Kier alpha value is -2.10. The quantitative estimate of drug-likeness (QED) is 0.725. The first-order valence-electron chi connectivity index (χ1n) is 6.48. The number of carbonyl (C=O) groups is 1. The topological polar surface area (TPSA) is 119 Å². The van der Waals surface area contributed by atoms with E-state index in [0.717, 1.165) is 12.8 Å². The second kappa shape index (κ2) is 7.07. The van der Waals surface area contributed by atoms with Crippen LogP contribution in [-0.4, -0.2) is 36.6 Å². The fraction of sp³-hybridized carbons (Fsp3) is 0.545. The molecule has 0 radical (unpaired) electrons. The number of aromatic nitrogens is 5. The molecule has 10 heteroatoms. The molecule has 0 spiro atoms. The fourth-order valence-electron chi connectivity index (χ4n) is 1.56. The number of thioether (sulfide) groups is 1. The van der Waals surface area contributed by atoms with Crippen molar-refractivity contribution in [3.05, 3.63) is 16.3 Å². The summed E-state index contributed by atoms with van der Waals surface area (Å²) in [6.07, 6.45) is 1.85. The summed E-state index contributed by atoms with van der Waals surface area (Å²) in [6.45, 7) is 4.28.